The van der Waals surface area contributed by atoms with Crippen molar-refractivity contribution in [3.8, 4) is 11.4 Å². The fourth-order valence-electron chi connectivity index (χ4n) is 2.46. The molecule has 2 aromatic carbocycles. The second-order valence-electron chi connectivity index (χ2n) is 4.82. The molecule has 1 aromatic heterocycles. The molecule has 0 saturated heterocycles. The summed E-state index contributed by atoms with van der Waals surface area (Å²) in [4.78, 5) is 9.43. The van der Waals surface area contributed by atoms with Crippen molar-refractivity contribution < 1.29 is 0 Å². The summed E-state index contributed by atoms with van der Waals surface area (Å²) in [5, 5.41) is 4.19. The summed E-state index contributed by atoms with van der Waals surface area (Å²) in [6.45, 7) is 2.15. The second-order valence-corrected chi connectivity index (χ2v) is 5.73. The van der Waals surface area contributed by atoms with E-state index in [0.29, 0.717) is 0 Å². The molecule has 0 aliphatic carbocycles. The lowest BCUT2D eigenvalue weighted by Crippen LogP contribution is -2.00. The van der Waals surface area contributed by atoms with Gasteiger partial charge >= 0.3 is 0 Å². The molecule has 0 spiro atoms. The van der Waals surface area contributed by atoms with Gasteiger partial charge in [0, 0.05) is 22.5 Å². The third-order valence-electron chi connectivity index (χ3n) is 3.53. The molecule has 0 atom stereocenters. The number of benzene rings is 2. The second kappa shape index (κ2) is 5.82. The van der Waals surface area contributed by atoms with E-state index in [4.69, 9.17) is 9.97 Å². The standard InChI is InChI=1S/C17H16BrN3/c1-3-11-6-4-5-7-13(11)17-20-15-9-8-12(18)10-14(15)16(19-2)21-17/h4-10H,3H2,1-2H3,(H,19,20,21). The molecule has 0 bridgehead atoms. The van der Waals surface area contributed by atoms with Crippen molar-refractivity contribution in [2.45, 2.75) is 13.3 Å². The number of nitrogens with zero attached hydrogens (tertiary/aromatic N) is 2. The van der Waals surface area contributed by atoms with Crippen molar-refractivity contribution in [2.75, 3.05) is 12.4 Å². The van der Waals surface area contributed by atoms with E-state index in [0.717, 1.165) is 39.0 Å². The van der Waals surface area contributed by atoms with Crippen molar-refractivity contribution in [3.05, 3.63) is 52.5 Å². The molecule has 21 heavy (non-hydrogen) atoms. The number of anilines is 1. The number of halogens is 1. The van der Waals surface area contributed by atoms with Gasteiger partial charge in [-0.2, -0.15) is 0 Å². The minimum Gasteiger partial charge on any atom is -0.373 e. The van der Waals surface area contributed by atoms with Gasteiger partial charge in [-0.1, -0.05) is 47.1 Å². The number of nitrogens with one attached hydrogen (secondary N) is 1. The lowest BCUT2D eigenvalue weighted by molar-refractivity contribution is 1.12. The van der Waals surface area contributed by atoms with Crippen molar-refractivity contribution in [2.24, 2.45) is 0 Å². The highest BCUT2D eigenvalue weighted by Gasteiger charge is 2.11. The van der Waals surface area contributed by atoms with Crippen LogP contribution in [0, 0.1) is 0 Å². The molecular formula is C17H16BrN3. The van der Waals surface area contributed by atoms with Gasteiger partial charge in [-0.3, -0.25) is 0 Å². The summed E-state index contributed by atoms with van der Waals surface area (Å²) in [6, 6.07) is 14.4. The van der Waals surface area contributed by atoms with E-state index in [1.807, 2.05) is 31.3 Å². The quantitative estimate of drug-likeness (QED) is 0.752. The number of rotatable bonds is 3. The first-order valence-electron chi connectivity index (χ1n) is 6.96. The first-order valence-corrected chi connectivity index (χ1v) is 7.75. The zero-order valence-electron chi connectivity index (χ0n) is 12.0. The predicted molar refractivity (Wildman–Crippen MR) is 91.6 cm³/mol. The molecule has 0 radical (unpaired) electrons. The third-order valence-corrected chi connectivity index (χ3v) is 4.03. The molecule has 0 amide bonds. The molecule has 0 aliphatic rings. The molecule has 0 unspecified atom stereocenters. The third kappa shape index (κ3) is 2.63. The molecule has 3 nitrogen and oxygen atoms in total. The van der Waals surface area contributed by atoms with Gasteiger partial charge in [0.1, 0.15) is 5.82 Å². The van der Waals surface area contributed by atoms with Crippen LogP contribution in [0.1, 0.15) is 12.5 Å². The van der Waals surface area contributed by atoms with E-state index >= 15 is 0 Å². The van der Waals surface area contributed by atoms with Gasteiger partial charge in [0.05, 0.1) is 5.52 Å². The molecular weight excluding hydrogens is 326 g/mol. The van der Waals surface area contributed by atoms with Crippen LogP contribution in [0.4, 0.5) is 5.82 Å². The van der Waals surface area contributed by atoms with Gasteiger partial charge < -0.3 is 5.32 Å². The molecule has 0 saturated carbocycles. The van der Waals surface area contributed by atoms with Gasteiger partial charge in [-0.25, -0.2) is 9.97 Å². The van der Waals surface area contributed by atoms with Crippen LogP contribution in [0.15, 0.2) is 46.9 Å². The maximum absolute atomic E-state index is 4.73. The Morgan fingerprint density at radius 3 is 2.67 bits per heavy atom. The molecule has 0 aliphatic heterocycles. The Hall–Kier alpha value is -1.94. The summed E-state index contributed by atoms with van der Waals surface area (Å²) < 4.78 is 1.02. The fourth-order valence-corrected chi connectivity index (χ4v) is 2.82. The maximum atomic E-state index is 4.73. The molecule has 4 heteroatoms. The summed E-state index contributed by atoms with van der Waals surface area (Å²) in [7, 11) is 1.89. The monoisotopic (exact) mass is 341 g/mol. The molecule has 3 rings (SSSR count). The van der Waals surface area contributed by atoms with Gasteiger partial charge in [0.25, 0.3) is 0 Å². The Labute approximate surface area is 132 Å². The number of aromatic nitrogens is 2. The van der Waals surface area contributed by atoms with E-state index < -0.39 is 0 Å². The van der Waals surface area contributed by atoms with E-state index in [9.17, 15) is 0 Å². The summed E-state index contributed by atoms with van der Waals surface area (Å²) in [6.07, 6.45) is 0.965. The summed E-state index contributed by atoms with van der Waals surface area (Å²) in [5.74, 6) is 1.62. The zero-order valence-corrected chi connectivity index (χ0v) is 13.6. The maximum Gasteiger partial charge on any atom is 0.162 e. The molecule has 106 valence electrons. The Kier molecular flexibility index (Phi) is 3.88. The first-order chi connectivity index (χ1) is 10.2. The zero-order chi connectivity index (χ0) is 14.8. The lowest BCUT2D eigenvalue weighted by Gasteiger charge is -2.11. The van der Waals surface area contributed by atoms with E-state index in [1.54, 1.807) is 0 Å². The topological polar surface area (TPSA) is 37.8 Å². The van der Waals surface area contributed by atoms with Gasteiger partial charge in [0.2, 0.25) is 0 Å². The Balaban J connectivity index is 2.27. The van der Waals surface area contributed by atoms with Gasteiger partial charge in [-0.05, 0) is 30.2 Å². The van der Waals surface area contributed by atoms with Crippen molar-refractivity contribution >= 4 is 32.7 Å². The van der Waals surface area contributed by atoms with Crippen molar-refractivity contribution in [3.63, 3.8) is 0 Å². The number of aryl methyl sites for hydroxylation is 1. The van der Waals surface area contributed by atoms with Crippen molar-refractivity contribution in [1.82, 2.24) is 9.97 Å². The first kappa shape index (κ1) is 14.0. The van der Waals surface area contributed by atoms with Crippen LogP contribution in [0.3, 0.4) is 0 Å². The van der Waals surface area contributed by atoms with Crippen LogP contribution in [-0.2, 0) is 6.42 Å². The van der Waals surface area contributed by atoms with Crippen LogP contribution in [-0.4, -0.2) is 17.0 Å². The van der Waals surface area contributed by atoms with Crippen LogP contribution >= 0.6 is 15.9 Å². The van der Waals surface area contributed by atoms with E-state index in [1.165, 1.54) is 5.56 Å². The SMILES string of the molecule is CCc1ccccc1-c1nc(NC)c2cc(Br)ccc2n1. The normalized spacial score (nSPS) is 10.8. The Morgan fingerprint density at radius 1 is 1.10 bits per heavy atom. The van der Waals surface area contributed by atoms with Crippen LogP contribution < -0.4 is 5.32 Å². The number of hydrogen-bond acceptors (Lipinski definition) is 3. The average molecular weight is 342 g/mol. The highest BCUT2D eigenvalue weighted by molar-refractivity contribution is 9.10. The Morgan fingerprint density at radius 2 is 1.90 bits per heavy atom. The smallest absolute Gasteiger partial charge is 0.162 e. The summed E-state index contributed by atoms with van der Waals surface area (Å²) in [5.41, 5.74) is 3.30. The van der Waals surface area contributed by atoms with Crippen molar-refractivity contribution in [1.29, 1.82) is 0 Å². The predicted octanol–water partition coefficient (Wildman–Crippen LogP) is 4.66. The minimum absolute atomic E-state index is 0.770. The molecule has 3 aromatic rings. The molecule has 1 N–H and O–H groups in total. The fraction of sp³-hybridized carbons (Fsp3) is 0.176. The number of hydrogen-bond donors (Lipinski definition) is 1. The lowest BCUT2D eigenvalue weighted by atomic mass is 10.0. The Bertz CT molecular complexity index is 799. The van der Waals surface area contributed by atoms with Crippen LogP contribution in [0.5, 0.6) is 0 Å². The summed E-state index contributed by atoms with van der Waals surface area (Å²) >= 11 is 3.50. The largest absolute Gasteiger partial charge is 0.373 e. The molecule has 1 heterocycles. The molecule has 0 fully saturated rings. The van der Waals surface area contributed by atoms with E-state index in [-0.39, 0.29) is 0 Å². The highest BCUT2D eigenvalue weighted by atomic mass is 79.9. The van der Waals surface area contributed by atoms with Crippen LogP contribution in [0.2, 0.25) is 0 Å². The number of fused-ring (bicyclic) bond motifs is 1. The average Bonchev–Trinajstić information content (AvgIpc) is 2.53. The highest BCUT2D eigenvalue weighted by Crippen LogP contribution is 2.28. The van der Waals surface area contributed by atoms with Crippen LogP contribution in [0.25, 0.3) is 22.3 Å². The minimum atomic E-state index is 0.770. The van der Waals surface area contributed by atoms with Gasteiger partial charge in [-0.15, -0.1) is 0 Å². The van der Waals surface area contributed by atoms with Gasteiger partial charge in [0.15, 0.2) is 5.82 Å². The van der Waals surface area contributed by atoms with E-state index in [2.05, 4.69) is 46.4 Å².